The molecule has 23 heavy (non-hydrogen) atoms. The maximum atomic E-state index is 10.0. The predicted molar refractivity (Wildman–Crippen MR) is 90.4 cm³/mol. The highest BCUT2D eigenvalue weighted by Crippen LogP contribution is 2.26. The molecule has 0 saturated heterocycles. The summed E-state index contributed by atoms with van der Waals surface area (Å²) in [5, 5.41) is 19.7. The number of aromatic nitrogens is 1. The average molecular weight is 313 g/mol. The van der Waals surface area contributed by atoms with Crippen molar-refractivity contribution in [2.75, 3.05) is 25.1 Å². The number of likely N-dealkylation sites (N-methyl/N-ethyl adjacent to an activating group) is 1. The van der Waals surface area contributed by atoms with Crippen molar-refractivity contribution < 1.29 is 10.2 Å². The highest BCUT2D eigenvalue weighted by Gasteiger charge is 2.23. The number of phenols is 1. The monoisotopic (exact) mass is 313 g/mol. The van der Waals surface area contributed by atoms with E-state index in [2.05, 4.69) is 20.9 Å². The third-order valence-corrected chi connectivity index (χ3v) is 4.52. The number of aliphatic hydroxyl groups is 1. The molecule has 0 radical (unpaired) electrons. The van der Waals surface area contributed by atoms with Gasteiger partial charge in [-0.3, -0.25) is 4.90 Å². The number of fused-ring (bicyclic) bond motifs is 1. The van der Waals surface area contributed by atoms with E-state index < -0.39 is 0 Å². The standard InChI is InChI=1S/C18H23N3O2/c1-20-16(13-22)8-10-21(11-14-5-2-3-7-17(14)23)12-15-6-4-9-19-18(15)20/h2-7,9,16,22-23H,8,10-13H2,1H3/t16-/m0/s1. The fraction of sp³-hybridized carbons (Fsp3) is 0.389. The van der Waals surface area contributed by atoms with Crippen molar-refractivity contribution in [3.05, 3.63) is 53.7 Å². The van der Waals surface area contributed by atoms with Crippen LogP contribution in [0.5, 0.6) is 5.75 Å². The first-order valence-corrected chi connectivity index (χ1v) is 7.96. The Morgan fingerprint density at radius 2 is 2.04 bits per heavy atom. The molecule has 1 aromatic heterocycles. The van der Waals surface area contributed by atoms with Gasteiger partial charge < -0.3 is 15.1 Å². The van der Waals surface area contributed by atoms with Crippen LogP contribution in [0.2, 0.25) is 0 Å². The third kappa shape index (κ3) is 3.46. The van der Waals surface area contributed by atoms with Gasteiger partial charge in [-0.25, -0.2) is 4.98 Å². The van der Waals surface area contributed by atoms with Gasteiger partial charge in [0.15, 0.2) is 0 Å². The van der Waals surface area contributed by atoms with Crippen molar-refractivity contribution in [2.45, 2.75) is 25.6 Å². The van der Waals surface area contributed by atoms with Crippen molar-refractivity contribution in [1.29, 1.82) is 0 Å². The lowest BCUT2D eigenvalue weighted by Crippen LogP contribution is -2.41. The Hall–Kier alpha value is -2.11. The van der Waals surface area contributed by atoms with Crippen LogP contribution < -0.4 is 4.90 Å². The molecule has 3 rings (SSSR count). The highest BCUT2D eigenvalue weighted by atomic mass is 16.3. The quantitative estimate of drug-likeness (QED) is 0.907. The van der Waals surface area contributed by atoms with Crippen LogP contribution in [0.3, 0.4) is 0 Å². The van der Waals surface area contributed by atoms with E-state index in [4.69, 9.17) is 0 Å². The number of aliphatic hydroxyl groups excluding tert-OH is 1. The molecule has 0 fully saturated rings. The largest absolute Gasteiger partial charge is 0.508 e. The third-order valence-electron chi connectivity index (χ3n) is 4.52. The van der Waals surface area contributed by atoms with Gasteiger partial charge in [-0.1, -0.05) is 24.3 Å². The van der Waals surface area contributed by atoms with Crippen LogP contribution in [0.4, 0.5) is 5.82 Å². The number of aromatic hydroxyl groups is 1. The minimum absolute atomic E-state index is 0.0517. The number of hydrogen-bond donors (Lipinski definition) is 2. The topological polar surface area (TPSA) is 59.8 Å². The molecular formula is C18H23N3O2. The Labute approximate surface area is 136 Å². The Kier molecular flexibility index (Phi) is 4.79. The SMILES string of the molecule is CN1c2ncccc2CN(Cc2ccccc2O)CC[C@H]1CO. The summed E-state index contributed by atoms with van der Waals surface area (Å²) >= 11 is 0. The molecule has 0 aliphatic carbocycles. The van der Waals surface area contributed by atoms with Crippen molar-refractivity contribution in [1.82, 2.24) is 9.88 Å². The number of rotatable bonds is 3. The van der Waals surface area contributed by atoms with Crippen LogP contribution in [-0.4, -0.2) is 46.3 Å². The zero-order valence-corrected chi connectivity index (χ0v) is 13.4. The van der Waals surface area contributed by atoms with Crippen molar-refractivity contribution >= 4 is 5.82 Å². The summed E-state index contributed by atoms with van der Waals surface area (Å²) in [6.45, 7) is 2.43. The van der Waals surface area contributed by atoms with E-state index in [1.807, 2.05) is 31.3 Å². The van der Waals surface area contributed by atoms with Crippen LogP contribution in [-0.2, 0) is 13.1 Å². The summed E-state index contributed by atoms with van der Waals surface area (Å²) in [6.07, 6.45) is 2.65. The van der Waals surface area contributed by atoms with Crippen LogP contribution in [0.25, 0.3) is 0 Å². The van der Waals surface area contributed by atoms with Crippen molar-refractivity contribution in [2.24, 2.45) is 0 Å². The fourth-order valence-corrected chi connectivity index (χ4v) is 3.12. The molecule has 5 heteroatoms. The summed E-state index contributed by atoms with van der Waals surface area (Å²) < 4.78 is 0. The van der Waals surface area contributed by atoms with Crippen LogP contribution >= 0.6 is 0 Å². The lowest BCUT2D eigenvalue weighted by atomic mass is 10.1. The number of anilines is 1. The second kappa shape index (κ2) is 6.98. The first kappa shape index (κ1) is 15.8. The second-order valence-corrected chi connectivity index (χ2v) is 6.06. The Morgan fingerprint density at radius 3 is 2.83 bits per heavy atom. The summed E-state index contributed by atoms with van der Waals surface area (Å²) in [7, 11) is 1.99. The van der Waals surface area contributed by atoms with Gasteiger partial charge in [0, 0.05) is 44.0 Å². The minimum Gasteiger partial charge on any atom is -0.508 e. The van der Waals surface area contributed by atoms with Gasteiger partial charge in [-0.05, 0) is 18.6 Å². The van der Waals surface area contributed by atoms with E-state index in [1.54, 1.807) is 12.3 Å². The lowest BCUT2D eigenvalue weighted by Gasteiger charge is -2.35. The van der Waals surface area contributed by atoms with Gasteiger partial charge in [-0.2, -0.15) is 0 Å². The zero-order chi connectivity index (χ0) is 16.2. The van der Waals surface area contributed by atoms with E-state index in [1.165, 1.54) is 0 Å². The molecule has 122 valence electrons. The van der Waals surface area contributed by atoms with E-state index in [-0.39, 0.29) is 12.6 Å². The zero-order valence-electron chi connectivity index (χ0n) is 13.4. The Balaban J connectivity index is 1.87. The van der Waals surface area contributed by atoms with Crippen molar-refractivity contribution in [3.8, 4) is 5.75 Å². The molecule has 1 aromatic carbocycles. The summed E-state index contributed by atoms with van der Waals surface area (Å²) in [4.78, 5) is 8.87. The summed E-state index contributed by atoms with van der Waals surface area (Å²) in [5.74, 6) is 1.25. The smallest absolute Gasteiger partial charge is 0.133 e. The van der Waals surface area contributed by atoms with E-state index in [0.717, 1.165) is 36.5 Å². The molecule has 2 heterocycles. The molecular weight excluding hydrogens is 290 g/mol. The van der Waals surface area contributed by atoms with Gasteiger partial charge in [-0.15, -0.1) is 0 Å². The lowest BCUT2D eigenvalue weighted by molar-refractivity contribution is 0.204. The number of benzene rings is 1. The van der Waals surface area contributed by atoms with Crippen LogP contribution in [0, 0.1) is 0 Å². The van der Waals surface area contributed by atoms with E-state index in [9.17, 15) is 10.2 Å². The average Bonchev–Trinajstić information content (AvgIpc) is 2.56. The molecule has 0 saturated carbocycles. The molecule has 5 nitrogen and oxygen atoms in total. The number of nitrogens with zero attached hydrogens (tertiary/aromatic N) is 3. The molecule has 2 N–H and O–H groups in total. The fourth-order valence-electron chi connectivity index (χ4n) is 3.12. The normalized spacial score (nSPS) is 19.0. The predicted octanol–water partition coefficient (Wildman–Crippen LogP) is 1.99. The van der Waals surface area contributed by atoms with Crippen LogP contribution in [0.1, 0.15) is 17.5 Å². The number of pyridine rings is 1. The maximum absolute atomic E-state index is 10.0. The summed E-state index contributed by atoms with van der Waals surface area (Å²) in [5.41, 5.74) is 2.07. The minimum atomic E-state index is 0.0517. The molecule has 1 atom stereocenters. The molecule has 2 aromatic rings. The van der Waals surface area contributed by atoms with E-state index in [0.29, 0.717) is 12.3 Å². The number of phenolic OH excluding ortho intramolecular Hbond substituents is 1. The first-order chi connectivity index (χ1) is 11.2. The second-order valence-electron chi connectivity index (χ2n) is 6.06. The van der Waals surface area contributed by atoms with Gasteiger partial charge in [0.1, 0.15) is 11.6 Å². The van der Waals surface area contributed by atoms with Gasteiger partial charge in [0.05, 0.1) is 12.6 Å². The van der Waals surface area contributed by atoms with Crippen LogP contribution in [0.15, 0.2) is 42.6 Å². The number of para-hydroxylation sites is 1. The molecule has 1 aliphatic heterocycles. The van der Waals surface area contributed by atoms with Gasteiger partial charge in [0.2, 0.25) is 0 Å². The molecule has 0 bridgehead atoms. The molecule has 0 spiro atoms. The molecule has 0 amide bonds. The maximum Gasteiger partial charge on any atom is 0.133 e. The molecule has 1 aliphatic rings. The van der Waals surface area contributed by atoms with Crippen molar-refractivity contribution in [3.63, 3.8) is 0 Å². The highest BCUT2D eigenvalue weighted by molar-refractivity contribution is 5.47. The summed E-state index contributed by atoms with van der Waals surface area (Å²) in [6, 6.07) is 11.5. The van der Waals surface area contributed by atoms with Gasteiger partial charge in [0.25, 0.3) is 0 Å². The van der Waals surface area contributed by atoms with Gasteiger partial charge >= 0.3 is 0 Å². The first-order valence-electron chi connectivity index (χ1n) is 7.96. The Bertz CT molecular complexity index is 662. The molecule has 0 unspecified atom stereocenters. The van der Waals surface area contributed by atoms with E-state index >= 15 is 0 Å². The Morgan fingerprint density at radius 1 is 1.22 bits per heavy atom. The number of hydrogen-bond acceptors (Lipinski definition) is 5.